The SMILES string of the molecule is COCCCNC(=O)c1ccnc(C(=O)NCc2ccc(Cl)cc2)c1. The van der Waals surface area contributed by atoms with Gasteiger partial charge >= 0.3 is 0 Å². The predicted octanol–water partition coefficient (Wildman–Crippen LogP) is 2.43. The highest BCUT2D eigenvalue weighted by Crippen LogP contribution is 2.09. The fraction of sp³-hybridized carbons (Fsp3) is 0.278. The average molecular weight is 362 g/mol. The summed E-state index contributed by atoms with van der Waals surface area (Å²) in [4.78, 5) is 28.3. The number of carbonyl (C=O) groups excluding carboxylic acids is 2. The van der Waals surface area contributed by atoms with Gasteiger partial charge in [-0.25, -0.2) is 0 Å². The smallest absolute Gasteiger partial charge is 0.270 e. The van der Waals surface area contributed by atoms with Crippen molar-refractivity contribution in [1.29, 1.82) is 0 Å². The van der Waals surface area contributed by atoms with E-state index in [4.69, 9.17) is 16.3 Å². The normalized spacial score (nSPS) is 10.3. The molecule has 0 saturated carbocycles. The molecule has 0 spiro atoms. The average Bonchev–Trinajstić information content (AvgIpc) is 2.64. The van der Waals surface area contributed by atoms with Crippen LogP contribution in [0.4, 0.5) is 0 Å². The molecular formula is C18H20ClN3O3. The maximum absolute atomic E-state index is 12.2. The van der Waals surface area contributed by atoms with E-state index in [9.17, 15) is 9.59 Å². The highest BCUT2D eigenvalue weighted by Gasteiger charge is 2.11. The van der Waals surface area contributed by atoms with Crippen LogP contribution < -0.4 is 10.6 Å². The molecule has 6 nitrogen and oxygen atoms in total. The van der Waals surface area contributed by atoms with Crippen LogP contribution in [-0.4, -0.2) is 37.1 Å². The Balaban J connectivity index is 1.91. The lowest BCUT2D eigenvalue weighted by Gasteiger charge is -2.07. The number of hydrogen-bond donors (Lipinski definition) is 2. The van der Waals surface area contributed by atoms with Crippen molar-refractivity contribution >= 4 is 23.4 Å². The van der Waals surface area contributed by atoms with E-state index >= 15 is 0 Å². The fourth-order valence-electron chi connectivity index (χ4n) is 2.09. The van der Waals surface area contributed by atoms with Gasteiger partial charge in [0.25, 0.3) is 11.8 Å². The topological polar surface area (TPSA) is 80.3 Å². The lowest BCUT2D eigenvalue weighted by atomic mass is 10.2. The summed E-state index contributed by atoms with van der Waals surface area (Å²) in [6.07, 6.45) is 2.17. The Morgan fingerprint density at radius 1 is 1.12 bits per heavy atom. The van der Waals surface area contributed by atoms with Crippen molar-refractivity contribution in [1.82, 2.24) is 15.6 Å². The zero-order chi connectivity index (χ0) is 18.1. The summed E-state index contributed by atoms with van der Waals surface area (Å²) < 4.78 is 4.93. The quantitative estimate of drug-likeness (QED) is 0.708. The van der Waals surface area contributed by atoms with Gasteiger partial charge in [-0.05, 0) is 36.2 Å². The van der Waals surface area contributed by atoms with Crippen LogP contribution in [-0.2, 0) is 11.3 Å². The first-order valence-electron chi connectivity index (χ1n) is 7.86. The van der Waals surface area contributed by atoms with Crippen LogP contribution in [0.3, 0.4) is 0 Å². The summed E-state index contributed by atoms with van der Waals surface area (Å²) in [5.41, 5.74) is 1.51. The van der Waals surface area contributed by atoms with Crippen LogP contribution in [0.1, 0.15) is 32.8 Å². The second-order valence-corrected chi connectivity index (χ2v) is 5.78. The second-order valence-electron chi connectivity index (χ2n) is 5.34. The third-order valence-electron chi connectivity index (χ3n) is 3.43. The Hall–Kier alpha value is -2.44. The maximum atomic E-state index is 12.2. The van der Waals surface area contributed by atoms with Gasteiger partial charge in [0.2, 0.25) is 0 Å². The van der Waals surface area contributed by atoms with E-state index in [-0.39, 0.29) is 17.5 Å². The van der Waals surface area contributed by atoms with Gasteiger partial charge in [-0.3, -0.25) is 14.6 Å². The lowest BCUT2D eigenvalue weighted by molar-refractivity contribution is 0.0946. The molecule has 2 rings (SSSR count). The maximum Gasteiger partial charge on any atom is 0.270 e. The van der Waals surface area contributed by atoms with Crippen LogP contribution in [0, 0.1) is 0 Å². The van der Waals surface area contributed by atoms with Gasteiger partial charge in [-0.1, -0.05) is 23.7 Å². The highest BCUT2D eigenvalue weighted by atomic mass is 35.5. The van der Waals surface area contributed by atoms with Crippen molar-refractivity contribution in [3.05, 3.63) is 64.4 Å². The number of aromatic nitrogens is 1. The summed E-state index contributed by atoms with van der Waals surface area (Å²) in [5.74, 6) is -0.589. The number of benzene rings is 1. The molecule has 25 heavy (non-hydrogen) atoms. The molecule has 1 aromatic heterocycles. The largest absolute Gasteiger partial charge is 0.385 e. The lowest BCUT2D eigenvalue weighted by Crippen LogP contribution is -2.27. The van der Waals surface area contributed by atoms with Crippen molar-refractivity contribution in [2.75, 3.05) is 20.3 Å². The van der Waals surface area contributed by atoms with E-state index in [2.05, 4.69) is 15.6 Å². The molecule has 132 valence electrons. The fourth-order valence-corrected chi connectivity index (χ4v) is 2.22. The number of nitrogens with zero attached hydrogens (tertiary/aromatic N) is 1. The van der Waals surface area contributed by atoms with Gasteiger partial charge in [-0.15, -0.1) is 0 Å². The Morgan fingerprint density at radius 3 is 2.60 bits per heavy atom. The van der Waals surface area contributed by atoms with E-state index in [0.29, 0.717) is 30.3 Å². The summed E-state index contributed by atoms with van der Waals surface area (Å²) in [6.45, 7) is 1.44. The molecule has 2 aromatic rings. The molecule has 0 unspecified atom stereocenters. The number of pyridine rings is 1. The van der Waals surface area contributed by atoms with E-state index < -0.39 is 0 Å². The highest BCUT2D eigenvalue weighted by molar-refractivity contribution is 6.30. The predicted molar refractivity (Wildman–Crippen MR) is 95.7 cm³/mol. The van der Waals surface area contributed by atoms with Gasteiger partial charge in [0, 0.05) is 43.6 Å². The zero-order valence-corrected chi connectivity index (χ0v) is 14.7. The van der Waals surface area contributed by atoms with Crippen molar-refractivity contribution in [3.63, 3.8) is 0 Å². The molecule has 0 atom stereocenters. The van der Waals surface area contributed by atoms with Crippen LogP contribution >= 0.6 is 11.6 Å². The molecule has 1 aromatic carbocycles. The molecule has 0 bridgehead atoms. The number of nitrogens with one attached hydrogen (secondary N) is 2. The Labute approximate surface area is 151 Å². The number of hydrogen-bond acceptors (Lipinski definition) is 4. The molecule has 0 aliphatic rings. The summed E-state index contributed by atoms with van der Waals surface area (Å²) in [5, 5.41) is 6.18. The summed E-state index contributed by atoms with van der Waals surface area (Å²) in [6, 6.07) is 10.2. The van der Waals surface area contributed by atoms with E-state index in [1.807, 2.05) is 12.1 Å². The van der Waals surface area contributed by atoms with Gasteiger partial charge < -0.3 is 15.4 Å². The molecule has 2 N–H and O–H groups in total. The molecule has 0 aliphatic heterocycles. The first-order chi connectivity index (χ1) is 12.1. The molecule has 0 saturated heterocycles. The van der Waals surface area contributed by atoms with Crippen LogP contribution in [0.2, 0.25) is 5.02 Å². The Bertz CT molecular complexity index is 720. The molecule has 0 aliphatic carbocycles. The number of methoxy groups -OCH3 is 1. The molecule has 0 fully saturated rings. The Morgan fingerprint density at radius 2 is 1.88 bits per heavy atom. The number of carbonyl (C=O) groups is 2. The number of amides is 2. The number of halogens is 1. The third kappa shape index (κ3) is 6.17. The minimum atomic E-state index is -0.344. The van der Waals surface area contributed by atoms with Crippen molar-refractivity contribution in [2.45, 2.75) is 13.0 Å². The minimum Gasteiger partial charge on any atom is -0.385 e. The first kappa shape index (κ1) is 18.9. The van der Waals surface area contributed by atoms with Crippen molar-refractivity contribution in [3.8, 4) is 0 Å². The zero-order valence-electron chi connectivity index (χ0n) is 13.9. The molecule has 1 heterocycles. The second kappa shape index (κ2) is 9.76. The molecule has 0 radical (unpaired) electrons. The van der Waals surface area contributed by atoms with Crippen LogP contribution in [0.5, 0.6) is 0 Å². The Kier molecular flexibility index (Phi) is 7.37. The monoisotopic (exact) mass is 361 g/mol. The third-order valence-corrected chi connectivity index (χ3v) is 3.68. The van der Waals surface area contributed by atoms with E-state index in [1.54, 1.807) is 25.3 Å². The number of rotatable bonds is 8. The van der Waals surface area contributed by atoms with Crippen molar-refractivity contribution < 1.29 is 14.3 Å². The minimum absolute atomic E-state index is 0.193. The summed E-state index contributed by atoms with van der Waals surface area (Å²) in [7, 11) is 1.61. The van der Waals surface area contributed by atoms with Gasteiger partial charge in [0.15, 0.2) is 0 Å². The summed E-state index contributed by atoms with van der Waals surface area (Å²) >= 11 is 5.83. The van der Waals surface area contributed by atoms with Gasteiger partial charge in [-0.2, -0.15) is 0 Å². The van der Waals surface area contributed by atoms with Crippen molar-refractivity contribution in [2.24, 2.45) is 0 Å². The van der Waals surface area contributed by atoms with Crippen LogP contribution in [0.15, 0.2) is 42.6 Å². The van der Waals surface area contributed by atoms with E-state index in [1.165, 1.54) is 12.3 Å². The van der Waals surface area contributed by atoms with Crippen LogP contribution in [0.25, 0.3) is 0 Å². The standard InChI is InChI=1S/C18H20ClN3O3/c1-25-10-2-8-21-17(23)14-7-9-20-16(11-14)18(24)22-12-13-3-5-15(19)6-4-13/h3-7,9,11H,2,8,10,12H2,1H3,(H,21,23)(H,22,24). The van der Waals surface area contributed by atoms with Gasteiger partial charge in [0.05, 0.1) is 0 Å². The first-order valence-corrected chi connectivity index (χ1v) is 8.24. The number of ether oxygens (including phenoxy) is 1. The van der Waals surface area contributed by atoms with E-state index in [0.717, 1.165) is 12.0 Å². The molecule has 2 amide bonds. The van der Waals surface area contributed by atoms with Gasteiger partial charge in [0.1, 0.15) is 5.69 Å². The molecule has 7 heteroatoms. The molecular weight excluding hydrogens is 342 g/mol.